The predicted octanol–water partition coefficient (Wildman–Crippen LogP) is 4.08. The number of aromatic nitrogens is 5. The van der Waals surface area contributed by atoms with E-state index >= 15 is 0 Å². The van der Waals surface area contributed by atoms with Gasteiger partial charge in [0.1, 0.15) is 0 Å². The summed E-state index contributed by atoms with van der Waals surface area (Å²) >= 11 is 0. The molecule has 0 N–H and O–H groups in total. The van der Waals surface area contributed by atoms with E-state index in [-0.39, 0.29) is 22.6 Å². The van der Waals surface area contributed by atoms with Gasteiger partial charge in [0, 0.05) is 24.4 Å². The average molecular weight is 405 g/mol. The summed E-state index contributed by atoms with van der Waals surface area (Å²) in [7, 11) is 0. The molecule has 0 saturated carbocycles. The highest BCUT2D eigenvalue weighted by Crippen LogP contribution is 2.31. The van der Waals surface area contributed by atoms with Crippen molar-refractivity contribution in [2.75, 3.05) is 0 Å². The van der Waals surface area contributed by atoms with Crippen LogP contribution in [0, 0.1) is 12.7 Å². The normalized spacial score (nSPS) is 13.8. The highest BCUT2D eigenvalue weighted by Gasteiger charge is 2.39. The molecular formula is C16H13F6N5O. The standard InChI is InChI=1S/C16H13F6N5O/c1-7-12(23-6-11-25-26-14(27(7)11)15(3,18)19)9-4-10(17)13(24-5-9)28-8(2)16(20,21)22/h4-6,8H,1-3H3/t8-/m0/s1. The summed E-state index contributed by atoms with van der Waals surface area (Å²) in [4.78, 5) is 7.61. The van der Waals surface area contributed by atoms with E-state index in [1.165, 1.54) is 13.1 Å². The fourth-order valence-corrected chi connectivity index (χ4v) is 2.48. The Morgan fingerprint density at radius 2 is 1.75 bits per heavy atom. The number of hydrogen-bond acceptors (Lipinski definition) is 5. The van der Waals surface area contributed by atoms with Crippen molar-refractivity contribution < 1.29 is 31.1 Å². The van der Waals surface area contributed by atoms with Gasteiger partial charge < -0.3 is 4.74 Å². The quantitative estimate of drug-likeness (QED) is 0.612. The summed E-state index contributed by atoms with van der Waals surface area (Å²) in [5.41, 5.74) is 0.380. The number of ether oxygens (including phenoxy) is 1. The van der Waals surface area contributed by atoms with Crippen LogP contribution in [0.2, 0.25) is 0 Å². The fourth-order valence-electron chi connectivity index (χ4n) is 2.48. The number of pyridine rings is 1. The van der Waals surface area contributed by atoms with E-state index in [1.54, 1.807) is 0 Å². The van der Waals surface area contributed by atoms with E-state index < -0.39 is 35.7 Å². The van der Waals surface area contributed by atoms with Crippen LogP contribution in [0.3, 0.4) is 0 Å². The summed E-state index contributed by atoms with van der Waals surface area (Å²) in [5, 5.41) is 7.08. The van der Waals surface area contributed by atoms with E-state index in [1.807, 2.05) is 0 Å². The van der Waals surface area contributed by atoms with Crippen molar-refractivity contribution in [1.29, 1.82) is 0 Å². The second-order valence-corrected chi connectivity index (χ2v) is 6.11. The van der Waals surface area contributed by atoms with Crippen molar-refractivity contribution in [2.24, 2.45) is 0 Å². The highest BCUT2D eigenvalue weighted by atomic mass is 19.4. The SMILES string of the molecule is Cc1c(-c2cnc(O[C@@H](C)C(F)(F)F)c(F)c2)ncc2nnc(C(C)(F)F)n12. The zero-order chi connectivity index (χ0) is 20.9. The first kappa shape index (κ1) is 19.8. The number of alkyl halides is 5. The zero-order valence-corrected chi connectivity index (χ0v) is 14.7. The monoisotopic (exact) mass is 405 g/mol. The van der Waals surface area contributed by atoms with E-state index in [4.69, 9.17) is 0 Å². The topological polar surface area (TPSA) is 65.2 Å². The lowest BCUT2D eigenvalue weighted by Gasteiger charge is -2.17. The van der Waals surface area contributed by atoms with Gasteiger partial charge in [0.15, 0.2) is 17.6 Å². The molecule has 0 fully saturated rings. The molecule has 150 valence electrons. The Labute approximate surface area is 154 Å². The van der Waals surface area contributed by atoms with Crippen molar-refractivity contribution >= 4 is 5.65 Å². The second kappa shape index (κ2) is 6.60. The lowest BCUT2D eigenvalue weighted by atomic mass is 10.1. The smallest absolute Gasteiger partial charge is 0.425 e. The lowest BCUT2D eigenvalue weighted by Crippen LogP contribution is -2.31. The molecule has 1 atom stereocenters. The minimum Gasteiger partial charge on any atom is -0.463 e. The van der Waals surface area contributed by atoms with Crippen LogP contribution in [0.5, 0.6) is 5.88 Å². The van der Waals surface area contributed by atoms with Gasteiger partial charge >= 0.3 is 12.1 Å². The summed E-state index contributed by atoms with van der Waals surface area (Å²) in [6.07, 6.45) is -4.75. The second-order valence-electron chi connectivity index (χ2n) is 6.11. The van der Waals surface area contributed by atoms with Gasteiger partial charge in [-0.15, -0.1) is 10.2 Å². The molecule has 28 heavy (non-hydrogen) atoms. The number of halogens is 6. The van der Waals surface area contributed by atoms with Gasteiger partial charge in [-0.1, -0.05) is 0 Å². The number of aryl methyl sites for hydroxylation is 1. The van der Waals surface area contributed by atoms with Crippen LogP contribution in [0.25, 0.3) is 16.9 Å². The Kier molecular flexibility index (Phi) is 4.68. The number of fused-ring (bicyclic) bond motifs is 1. The molecule has 0 aliphatic rings. The van der Waals surface area contributed by atoms with Crippen LogP contribution in [0.1, 0.15) is 25.4 Å². The van der Waals surface area contributed by atoms with Gasteiger partial charge in [-0.3, -0.25) is 9.38 Å². The third kappa shape index (κ3) is 3.58. The largest absolute Gasteiger partial charge is 0.463 e. The van der Waals surface area contributed by atoms with Gasteiger partial charge in [0.25, 0.3) is 5.88 Å². The molecule has 3 aromatic rings. The van der Waals surface area contributed by atoms with Crippen LogP contribution in [0.4, 0.5) is 26.3 Å². The van der Waals surface area contributed by atoms with Gasteiger partial charge in [-0.25, -0.2) is 9.37 Å². The molecule has 0 aliphatic carbocycles. The summed E-state index contributed by atoms with van der Waals surface area (Å²) in [6.45, 7) is 2.81. The number of rotatable bonds is 4. The Morgan fingerprint density at radius 3 is 2.32 bits per heavy atom. The molecule has 3 rings (SSSR count). The zero-order valence-electron chi connectivity index (χ0n) is 14.7. The number of hydrogen-bond donors (Lipinski definition) is 0. The third-order valence-electron chi connectivity index (χ3n) is 3.90. The minimum absolute atomic E-state index is 0.0583. The molecule has 0 spiro atoms. The average Bonchev–Trinajstić information content (AvgIpc) is 3.01. The maximum Gasteiger partial charge on any atom is 0.425 e. The van der Waals surface area contributed by atoms with E-state index in [0.29, 0.717) is 13.8 Å². The molecule has 0 bridgehead atoms. The Balaban J connectivity index is 2.04. The van der Waals surface area contributed by atoms with Crippen LogP contribution < -0.4 is 4.74 Å². The van der Waals surface area contributed by atoms with Crippen molar-refractivity contribution in [3.63, 3.8) is 0 Å². The Morgan fingerprint density at radius 1 is 1.07 bits per heavy atom. The first-order valence-corrected chi connectivity index (χ1v) is 7.88. The molecule has 0 aliphatic heterocycles. The predicted molar refractivity (Wildman–Crippen MR) is 84.4 cm³/mol. The minimum atomic E-state index is -4.69. The molecule has 0 unspecified atom stereocenters. The van der Waals surface area contributed by atoms with Gasteiger partial charge in [0.05, 0.1) is 11.9 Å². The molecule has 0 saturated heterocycles. The summed E-state index contributed by atoms with van der Waals surface area (Å²) < 4.78 is 84.9. The molecule has 12 heteroatoms. The summed E-state index contributed by atoms with van der Waals surface area (Å²) in [6, 6.07) is 0.862. The Hall–Kier alpha value is -2.92. The van der Waals surface area contributed by atoms with Crippen LogP contribution in [0.15, 0.2) is 18.5 Å². The number of nitrogens with zero attached hydrogens (tertiary/aromatic N) is 5. The molecule has 0 amide bonds. The molecule has 6 nitrogen and oxygen atoms in total. The molecule has 0 aromatic carbocycles. The molecule has 3 heterocycles. The van der Waals surface area contributed by atoms with Crippen LogP contribution >= 0.6 is 0 Å². The first-order valence-electron chi connectivity index (χ1n) is 7.88. The van der Waals surface area contributed by atoms with Crippen molar-refractivity contribution in [1.82, 2.24) is 24.6 Å². The molecule has 3 aromatic heterocycles. The van der Waals surface area contributed by atoms with Crippen LogP contribution in [-0.4, -0.2) is 36.8 Å². The van der Waals surface area contributed by atoms with E-state index in [9.17, 15) is 26.3 Å². The maximum atomic E-state index is 14.2. The van der Waals surface area contributed by atoms with Crippen molar-refractivity contribution in [3.8, 4) is 17.1 Å². The van der Waals surface area contributed by atoms with Gasteiger partial charge in [-0.05, 0) is 19.9 Å². The van der Waals surface area contributed by atoms with Crippen molar-refractivity contribution in [2.45, 2.75) is 39.0 Å². The van der Waals surface area contributed by atoms with Gasteiger partial charge in [-0.2, -0.15) is 22.0 Å². The van der Waals surface area contributed by atoms with Gasteiger partial charge in [0.2, 0.25) is 5.82 Å². The lowest BCUT2D eigenvalue weighted by molar-refractivity contribution is -0.190. The Bertz CT molecular complexity index is 1030. The van der Waals surface area contributed by atoms with Crippen molar-refractivity contribution in [3.05, 3.63) is 35.8 Å². The molecule has 0 radical (unpaired) electrons. The maximum absolute atomic E-state index is 14.2. The van der Waals surface area contributed by atoms with E-state index in [0.717, 1.165) is 16.7 Å². The van der Waals surface area contributed by atoms with Crippen LogP contribution in [-0.2, 0) is 5.92 Å². The van der Waals surface area contributed by atoms with E-state index in [2.05, 4.69) is 24.9 Å². The summed E-state index contributed by atoms with van der Waals surface area (Å²) in [5.74, 6) is -5.91. The molecular weight excluding hydrogens is 392 g/mol. The first-order chi connectivity index (χ1) is 12.9. The fraction of sp³-hybridized carbons (Fsp3) is 0.375. The highest BCUT2D eigenvalue weighted by molar-refractivity contribution is 5.63. The third-order valence-corrected chi connectivity index (χ3v) is 3.90.